The Morgan fingerprint density at radius 1 is 1.12 bits per heavy atom. The molecule has 0 spiro atoms. The van der Waals surface area contributed by atoms with Gasteiger partial charge >= 0.3 is 0 Å². The van der Waals surface area contributed by atoms with Crippen molar-refractivity contribution < 1.29 is 9.53 Å². The highest BCUT2D eigenvalue weighted by molar-refractivity contribution is 5.94. The normalized spacial score (nSPS) is 35.7. The first-order valence-electron chi connectivity index (χ1n) is 13.0. The summed E-state index contributed by atoms with van der Waals surface area (Å²) in [6.45, 7) is 8.31. The molecular weight excluding hydrogens is 400 g/mol. The van der Waals surface area contributed by atoms with Gasteiger partial charge < -0.3 is 15.0 Å². The van der Waals surface area contributed by atoms with E-state index >= 15 is 0 Å². The first kappa shape index (κ1) is 20.9. The lowest BCUT2D eigenvalue weighted by Gasteiger charge is -2.54. The fourth-order valence-corrected chi connectivity index (χ4v) is 7.90. The van der Waals surface area contributed by atoms with Crippen LogP contribution in [-0.2, 0) is 24.1 Å². The molecule has 6 nitrogen and oxygen atoms in total. The Hall–Kier alpha value is -1.66. The van der Waals surface area contributed by atoms with E-state index < -0.39 is 0 Å². The zero-order valence-electron chi connectivity index (χ0n) is 19.3. The molecule has 6 aliphatic rings. The highest BCUT2D eigenvalue weighted by Gasteiger charge is 2.48. The fraction of sp³-hybridized carbons (Fsp3) is 0.769. The van der Waals surface area contributed by atoms with Crippen LogP contribution >= 0.6 is 0 Å². The molecule has 6 heteroatoms. The van der Waals surface area contributed by atoms with Crippen molar-refractivity contribution in [1.82, 2.24) is 20.0 Å². The maximum Gasteiger partial charge on any atom is 0.274 e. The van der Waals surface area contributed by atoms with Crippen LogP contribution in [0.2, 0.25) is 0 Å². The molecule has 0 aromatic carbocycles. The lowest BCUT2D eigenvalue weighted by Crippen LogP contribution is -2.50. The second kappa shape index (κ2) is 8.60. The topological polar surface area (TPSA) is 59.4 Å². The minimum atomic E-state index is 0.0778. The van der Waals surface area contributed by atoms with Gasteiger partial charge in [-0.25, -0.2) is 0 Å². The zero-order chi connectivity index (χ0) is 21.7. The van der Waals surface area contributed by atoms with E-state index in [0.29, 0.717) is 44.6 Å². The van der Waals surface area contributed by atoms with Gasteiger partial charge in [0.05, 0.1) is 19.8 Å². The number of ether oxygens (including phenoxy) is 1. The molecule has 1 amide bonds. The largest absolute Gasteiger partial charge is 0.378 e. The third-order valence-corrected chi connectivity index (χ3v) is 9.21. The standard InChI is InChI=1S/C26H38N4O2/c1-2-5-30-24-4-3-21(15-22(24)25(28-30)26(31)29-6-8-32-9-7-29)27-16-23-19-11-17-10-18(13-19)14-20(23)12-17/h2,17-21,23,27H,1,3-16H2. The quantitative estimate of drug-likeness (QED) is 0.694. The SMILES string of the molecule is C=CCn1nc(C(=O)N2CCOCC2)c2c1CCC(NCC1C3CC4CC(C3)CC1C4)C2. The van der Waals surface area contributed by atoms with Crippen LogP contribution in [0.25, 0.3) is 0 Å². The van der Waals surface area contributed by atoms with Gasteiger partial charge in [-0.1, -0.05) is 6.08 Å². The van der Waals surface area contributed by atoms with Gasteiger partial charge in [0.25, 0.3) is 5.91 Å². The second-order valence-corrected chi connectivity index (χ2v) is 11.1. The van der Waals surface area contributed by atoms with Crippen LogP contribution in [0.1, 0.15) is 60.3 Å². The molecule has 0 radical (unpaired) electrons. The number of nitrogens with zero attached hydrogens (tertiary/aromatic N) is 3. The van der Waals surface area contributed by atoms with Gasteiger partial charge in [0, 0.05) is 30.4 Å². The average molecular weight is 439 g/mol. The maximum absolute atomic E-state index is 13.3. The molecule has 1 aromatic rings. The van der Waals surface area contributed by atoms with Crippen molar-refractivity contribution in [3.63, 3.8) is 0 Å². The number of carbonyl (C=O) groups is 1. The third-order valence-electron chi connectivity index (χ3n) is 9.21. The van der Waals surface area contributed by atoms with E-state index in [-0.39, 0.29) is 5.91 Å². The fourth-order valence-electron chi connectivity index (χ4n) is 7.90. The van der Waals surface area contributed by atoms with E-state index in [0.717, 1.165) is 48.9 Å². The molecule has 5 fully saturated rings. The summed E-state index contributed by atoms with van der Waals surface area (Å²) in [7, 11) is 0. The lowest BCUT2D eigenvalue weighted by molar-refractivity contribution is -0.0364. The van der Waals surface area contributed by atoms with Crippen molar-refractivity contribution in [2.75, 3.05) is 32.8 Å². The molecule has 1 saturated heterocycles. The van der Waals surface area contributed by atoms with Crippen LogP contribution in [0.5, 0.6) is 0 Å². The summed E-state index contributed by atoms with van der Waals surface area (Å²) in [5, 5.41) is 8.76. The van der Waals surface area contributed by atoms with Gasteiger partial charge in [-0.05, 0) is 87.5 Å². The molecule has 1 unspecified atom stereocenters. The number of hydrogen-bond acceptors (Lipinski definition) is 4. The number of aromatic nitrogens is 2. The average Bonchev–Trinajstić information content (AvgIpc) is 3.16. The molecule has 1 atom stereocenters. The first-order valence-corrected chi connectivity index (χ1v) is 13.0. The molecule has 1 N–H and O–H groups in total. The molecule has 174 valence electrons. The number of allylic oxidation sites excluding steroid dienone is 1. The Labute approximate surface area is 191 Å². The van der Waals surface area contributed by atoms with Crippen molar-refractivity contribution in [3.8, 4) is 0 Å². The molecule has 2 heterocycles. The van der Waals surface area contributed by atoms with Crippen molar-refractivity contribution in [2.24, 2.45) is 29.6 Å². The van der Waals surface area contributed by atoms with E-state index in [1.807, 2.05) is 15.7 Å². The number of rotatable bonds is 6. The van der Waals surface area contributed by atoms with Gasteiger partial charge in [-0.15, -0.1) is 6.58 Å². The van der Waals surface area contributed by atoms with Gasteiger partial charge in [0.1, 0.15) is 0 Å². The maximum atomic E-state index is 13.3. The summed E-state index contributed by atoms with van der Waals surface area (Å²) in [4.78, 5) is 15.2. The molecular formula is C26H38N4O2. The number of amides is 1. The zero-order valence-corrected chi connectivity index (χ0v) is 19.3. The predicted molar refractivity (Wildman–Crippen MR) is 123 cm³/mol. The smallest absolute Gasteiger partial charge is 0.274 e. The van der Waals surface area contributed by atoms with Crippen LogP contribution in [-0.4, -0.2) is 59.5 Å². The molecule has 7 rings (SSSR count). The first-order chi connectivity index (χ1) is 15.7. The summed E-state index contributed by atoms with van der Waals surface area (Å²) < 4.78 is 7.46. The molecule has 4 saturated carbocycles. The van der Waals surface area contributed by atoms with Crippen LogP contribution in [0.15, 0.2) is 12.7 Å². The Balaban J connectivity index is 1.16. The van der Waals surface area contributed by atoms with Crippen LogP contribution in [0.4, 0.5) is 0 Å². The van der Waals surface area contributed by atoms with E-state index in [9.17, 15) is 4.79 Å². The number of fused-ring (bicyclic) bond motifs is 1. The number of nitrogens with one attached hydrogen (secondary N) is 1. The van der Waals surface area contributed by atoms with E-state index in [4.69, 9.17) is 9.84 Å². The highest BCUT2D eigenvalue weighted by Crippen LogP contribution is 2.56. The van der Waals surface area contributed by atoms with Gasteiger partial charge in [0.2, 0.25) is 0 Å². The minimum absolute atomic E-state index is 0.0778. The summed E-state index contributed by atoms with van der Waals surface area (Å²) >= 11 is 0. The Bertz CT molecular complexity index is 843. The molecule has 5 aliphatic carbocycles. The molecule has 32 heavy (non-hydrogen) atoms. The Kier molecular flexibility index (Phi) is 5.62. The van der Waals surface area contributed by atoms with Crippen LogP contribution in [0, 0.1) is 29.6 Å². The summed E-state index contributed by atoms with van der Waals surface area (Å²) in [6.07, 6.45) is 12.4. The summed E-state index contributed by atoms with van der Waals surface area (Å²) in [5.41, 5.74) is 3.09. The predicted octanol–water partition coefficient (Wildman–Crippen LogP) is 3.06. The van der Waals surface area contributed by atoms with Crippen molar-refractivity contribution in [1.29, 1.82) is 0 Å². The summed E-state index contributed by atoms with van der Waals surface area (Å²) in [6, 6.07) is 0.456. The van der Waals surface area contributed by atoms with Crippen molar-refractivity contribution >= 4 is 5.91 Å². The number of carbonyl (C=O) groups excluding carboxylic acids is 1. The highest BCUT2D eigenvalue weighted by atomic mass is 16.5. The number of morpholine rings is 1. The third kappa shape index (κ3) is 3.73. The van der Waals surface area contributed by atoms with Gasteiger partial charge in [0.15, 0.2) is 5.69 Å². The van der Waals surface area contributed by atoms with E-state index in [1.165, 1.54) is 49.9 Å². The molecule has 4 bridgehead atoms. The lowest BCUT2D eigenvalue weighted by atomic mass is 9.52. The van der Waals surface area contributed by atoms with E-state index in [2.05, 4.69) is 11.9 Å². The Morgan fingerprint density at radius 3 is 2.53 bits per heavy atom. The van der Waals surface area contributed by atoms with Crippen molar-refractivity contribution in [2.45, 2.75) is 64.0 Å². The molecule has 1 aromatic heterocycles. The minimum Gasteiger partial charge on any atom is -0.378 e. The molecule has 1 aliphatic heterocycles. The van der Waals surface area contributed by atoms with Crippen LogP contribution in [0.3, 0.4) is 0 Å². The van der Waals surface area contributed by atoms with Crippen molar-refractivity contribution in [3.05, 3.63) is 29.6 Å². The van der Waals surface area contributed by atoms with Crippen LogP contribution < -0.4 is 5.32 Å². The van der Waals surface area contributed by atoms with Gasteiger partial charge in [-0.3, -0.25) is 9.48 Å². The second-order valence-electron chi connectivity index (χ2n) is 11.1. The van der Waals surface area contributed by atoms with E-state index in [1.54, 1.807) is 0 Å². The van der Waals surface area contributed by atoms with Gasteiger partial charge in [-0.2, -0.15) is 5.10 Å². The number of hydrogen-bond donors (Lipinski definition) is 1. The monoisotopic (exact) mass is 438 g/mol. The summed E-state index contributed by atoms with van der Waals surface area (Å²) in [5.74, 6) is 4.96. The Morgan fingerprint density at radius 2 is 1.84 bits per heavy atom.